The predicted octanol–water partition coefficient (Wildman–Crippen LogP) is 6.56. The van der Waals surface area contributed by atoms with E-state index in [4.69, 9.17) is 0 Å². The number of aromatic nitrogens is 2. The van der Waals surface area contributed by atoms with Gasteiger partial charge in [0.2, 0.25) is 0 Å². The van der Waals surface area contributed by atoms with E-state index in [0.717, 1.165) is 17.8 Å². The lowest BCUT2D eigenvalue weighted by atomic mass is 9.97. The lowest BCUT2D eigenvalue weighted by Gasteiger charge is -2.11. The minimum Gasteiger partial charge on any atom is -0.236 e. The van der Waals surface area contributed by atoms with Crippen molar-refractivity contribution in [3.8, 4) is 11.4 Å². The predicted molar refractivity (Wildman–Crippen MR) is 103 cm³/mol. The van der Waals surface area contributed by atoms with Gasteiger partial charge in [0.05, 0.1) is 0 Å². The molecule has 1 heterocycles. The second-order valence-electron chi connectivity index (χ2n) is 6.85. The van der Waals surface area contributed by atoms with Crippen LogP contribution in [0.2, 0.25) is 0 Å². The molecule has 0 saturated heterocycles. The number of nitrogens with zero attached hydrogens (tertiary/aromatic N) is 2. The molecule has 1 atom stereocenters. The molecule has 0 aliphatic heterocycles. The lowest BCUT2D eigenvalue weighted by molar-refractivity contribution is 0.555. The first kappa shape index (κ1) is 18.6. The molecule has 24 heavy (non-hydrogen) atoms. The molecule has 0 spiro atoms. The molecule has 1 aromatic heterocycles. The van der Waals surface area contributed by atoms with Crippen LogP contribution < -0.4 is 0 Å². The minimum absolute atomic E-state index is 0.549. The summed E-state index contributed by atoms with van der Waals surface area (Å²) in [6, 6.07) is 8.56. The molecule has 0 fully saturated rings. The summed E-state index contributed by atoms with van der Waals surface area (Å²) in [5, 5.41) is 0. The van der Waals surface area contributed by atoms with E-state index in [1.807, 2.05) is 12.4 Å². The standard InChI is InChI=1S/C22H32N2/c1-4-6-7-8-9-10-11-18(3)21-16-23-22(24-17-21)20-14-12-19(5-2)13-15-20/h12-18H,4-11H2,1-3H3. The monoisotopic (exact) mass is 324 g/mol. The number of rotatable bonds is 10. The summed E-state index contributed by atoms with van der Waals surface area (Å²) in [6.07, 6.45) is 14.5. The zero-order valence-electron chi connectivity index (χ0n) is 15.6. The highest BCUT2D eigenvalue weighted by Gasteiger charge is 2.08. The van der Waals surface area contributed by atoms with Crippen LogP contribution in [0.4, 0.5) is 0 Å². The molecule has 1 unspecified atom stereocenters. The van der Waals surface area contributed by atoms with Crippen molar-refractivity contribution < 1.29 is 0 Å². The van der Waals surface area contributed by atoms with E-state index in [1.165, 1.54) is 56.1 Å². The molecule has 0 N–H and O–H groups in total. The van der Waals surface area contributed by atoms with Crippen LogP contribution in [0.5, 0.6) is 0 Å². The van der Waals surface area contributed by atoms with Gasteiger partial charge in [-0.25, -0.2) is 9.97 Å². The molecule has 2 rings (SSSR count). The summed E-state index contributed by atoms with van der Waals surface area (Å²) in [6.45, 7) is 6.73. The van der Waals surface area contributed by atoms with Gasteiger partial charge in [-0.15, -0.1) is 0 Å². The molecule has 130 valence electrons. The second-order valence-corrected chi connectivity index (χ2v) is 6.85. The fourth-order valence-electron chi connectivity index (χ4n) is 3.03. The summed E-state index contributed by atoms with van der Waals surface area (Å²) in [4.78, 5) is 9.17. The topological polar surface area (TPSA) is 25.8 Å². The maximum atomic E-state index is 4.58. The highest BCUT2D eigenvalue weighted by atomic mass is 14.9. The van der Waals surface area contributed by atoms with Crippen molar-refractivity contribution in [1.82, 2.24) is 9.97 Å². The molecule has 0 aliphatic carbocycles. The third-order valence-electron chi connectivity index (χ3n) is 4.85. The van der Waals surface area contributed by atoms with Crippen molar-refractivity contribution in [2.24, 2.45) is 0 Å². The lowest BCUT2D eigenvalue weighted by Crippen LogP contribution is -1.98. The highest BCUT2D eigenvalue weighted by molar-refractivity contribution is 5.55. The number of unbranched alkanes of at least 4 members (excludes halogenated alkanes) is 5. The number of hydrogen-bond donors (Lipinski definition) is 0. The Balaban J connectivity index is 1.84. The van der Waals surface area contributed by atoms with Gasteiger partial charge in [0.15, 0.2) is 5.82 Å². The van der Waals surface area contributed by atoms with Crippen molar-refractivity contribution in [3.63, 3.8) is 0 Å². The molecular formula is C22H32N2. The molecule has 0 saturated carbocycles. The van der Waals surface area contributed by atoms with Crippen molar-refractivity contribution in [2.75, 3.05) is 0 Å². The number of aryl methyl sites for hydroxylation is 1. The number of benzene rings is 1. The first-order chi connectivity index (χ1) is 11.7. The smallest absolute Gasteiger partial charge is 0.159 e. The average Bonchev–Trinajstić information content (AvgIpc) is 2.64. The van der Waals surface area contributed by atoms with Gasteiger partial charge in [0.25, 0.3) is 0 Å². The van der Waals surface area contributed by atoms with Gasteiger partial charge in [-0.3, -0.25) is 0 Å². The maximum Gasteiger partial charge on any atom is 0.159 e. The second kappa shape index (κ2) is 10.2. The molecule has 0 bridgehead atoms. The molecule has 2 aromatic rings. The first-order valence-electron chi connectivity index (χ1n) is 9.65. The fraction of sp³-hybridized carbons (Fsp3) is 0.545. The summed E-state index contributed by atoms with van der Waals surface area (Å²) >= 11 is 0. The zero-order valence-corrected chi connectivity index (χ0v) is 15.6. The van der Waals surface area contributed by atoms with Crippen LogP contribution in [0.3, 0.4) is 0 Å². The molecule has 2 nitrogen and oxygen atoms in total. The molecule has 0 aliphatic rings. The third kappa shape index (κ3) is 5.74. The van der Waals surface area contributed by atoms with Crippen LogP contribution in [0.1, 0.15) is 82.8 Å². The van der Waals surface area contributed by atoms with Crippen LogP contribution in [-0.2, 0) is 6.42 Å². The largest absolute Gasteiger partial charge is 0.236 e. The van der Waals surface area contributed by atoms with E-state index in [2.05, 4.69) is 55.0 Å². The van der Waals surface area contributed by atoms with Crippen LogP contribution in [-0.4, -0.2) is 9.97 Å². The van der Waals surface area contributed by atoms with E-state index in [0.29, 0.717) is 5.92 Å². The molecule has 2 heteroatoms. The van der Waals surface area contributed by atoms with Crippen LogP contribution >= 0.6 is 0 Å². The molecule has 0 radical (unpaired) electrons. The Bertz CT molecular complexity index is 572. The van der Waals surface area contributed by atoms with Gasteiger partial charge in [-0.1, -0.05) is 83.6 Å². The quantitative estimate of drug-likeness (QED) is 0.462. The van der Waals surface area contributed by atoms with Crippen LogP contribution in [0, 0.1) is 0 Å². The molecule has 0 amide bonds. The van der Waals surface area contributed by atoms with Gasteiger partial charge in [0, 0.05) is 18.0 Å². The SMILES string of the molecule is CCCCCCCCC(C)c1cnc(-c2ccc(CC)cc2)nc1. The van der Waals surface area contributed by atoms with Gasteiger partial charge >= 0.3 is 0 Å². The van der Waals surface area contributed by atoms with Crippen LogP contribution in [0.25, 0.3) is 11.4 Å². The summed E-state index contributed by atoms with van der Waals surface area (Å²) < 4.78 is 0. The fourth-order valence-corrected chi connectivity index (χ4v) is 3.03. The Hall–Kier alpha value is -1.70. The number of hydrogen-bond acceptors (Lipinski definition) is 2. The summed E-state index contributed by atoms with van der Waals surface area (Å²) in [5.41, 5.74) is 3.71. The van der Waals surface area contributed by atoms with Gasteiger partial charge in [-0.05, 0) is 29.9 Å². The van der Waals surface area contributed by atoms with Gasteiger partial charge in [-0.2, -0.15) is 0 Å². The van der Waals surface area contributed by atoms with E-state index < -0.39 is 0 Å². The summed E-state index contributed by atoms with van der Waals surface area (Å²) in [7, 11) is 0. The van der Waals surface area contributed by atoms with Crippen LogP contribution in [0.15, 0.2) is 36.7 Å². The Labute approximate surface area is 147 Å². The average molecular weight is 325 g/mol. The normalized spacial score (nSPS) is 12.3. The van der Waals surface area contributed by atoms with E-state index in [1.54, 1.807) is 0 Å². The van der Waals surface area contributed by atoms with Crippen molar-refractivity contribution >= 4 is 0 Å². The van der Waals surface area contributed by atoms with Crippen molar-refractivity contribution in [2.45, 2.75) is 78.1 Å². The summed E-state index contributed by atoms with van der Waals surface area (Å²) in [5.74, 6) is 1.38. The van der Waals surface area contributed by atoms with Crippen molar-refractivity contribution in [3.05, 3.63) is 47.8 Å². The Morgan fingerprint density at radius 2 is 1.46 bits per heavy atom. The van der Waals surface area contributed by atoms with Gasteiger partial charge < -0.3 is 0 Å². The Kier molecular flexibility index (Phi) is 7.94. The first-order valence-corrected chi connectivity index (χ1v) is 9.65. The highest BCUT2D eigenvalue weighted by Crippen LogP contribution is 2.23. The molecule has 1 aromatic carbocycles. The van der Waals surface area contributed by atoms with Crippen molar-refractivity contribution in [1.29, 1.82) is 0 Å². The Morgan fingerprint density at radius 1 is 0.833 bits per heavy atom. The zero-order chi connectivity index (χ0) is 17.2. The van der Waals surface area contributed by atoms with Gasteiger partial charge in [0.1, 0.15) is 0 Å². The Morgan fingerprint density at radius 3 is 2.08 bits per heavy atom. The van der Waals surface area contributed by atoms with E-state index in [-0.39, 0.29) is 0 Å². The van der Waals surface area contributed by atoms with E-state index in [9.17, 15) is 0 Å². The maximum absolute atomic E-state index is 4.58. The minimum atomic E-state index is 0.549. The molecular weight excluding hydrogens is 292 g/mol. The van der Waals surface area contributed by atoms with E-state index >= 15 is 0 Å². The third-order valence-corrected chi connectivity index (χ3v) is 4.85.